The molecule has 12 heteroatoms. The molecule has 0 bridgehead atoms. The molecule has 2 aromatic rings. The van der Waals surface area contributed by atoms with Crippen LogP contribution in [0.4, 0.5) is 0 Å². The molecule has 0 aliphatic carbocycles. The molecule has 0 atom stereocenters. The first-order valence-electron chi connectivity index (χ1n) is 7.48. The Labute approximate surface area is 183 Å². The molecule has 0 fully saturated rings. The van der Waals surface area contributed by atoms with Crippen molar-refractivity contribution in [2.75, 3.05) is 20.4 Å². The van der Waals surface area contributed by atoms with Crippen LogP contribution in [0, 0.1) is 0 Å². The van der Waals surface area contributed by atoms with Crippen molar-refractivity contribution in [2.45, 2.75) is 16.3 Å². The minimum atomic E-state index is -3.76. The lowest BCUT2D eigenvalue weighted by atomic mass is 10.2. The average Bonchev–Trinajstić information content (AvgIpc) is 2.54. The van der Waals surface area contributed by atoms with Gasteiger partial charge in [0.2, 0.25) is 0 Å². The normalized spacial score (nSPS) is 11.7. The molecule has 0 aliphatic heterocycles. The van der Waals surface area contributed by atoms with Crippen molar-refractivity contribution in [3.8, 4) is 11.5 Å². The molecular formula is C16H18Cl3NO5S3. The van der Waals surface area contributed by atoms with Crippen molar-refractivity contribution in [2.24, 2.45) is 0 Å². The number of ether oxygens (including phenoxy) is 1. The second-order valence-electron chi connectivity index (χ2n) is 5.60. The number of thioether (sulfide) groups is 1. The highest BCUT2D eigenvalue weighted by atomic mass is 36.0. The van der Waals surface area contributed by atoms with E-state index < -0.39 is 17.3 Å². The van der Waals surface area contributed by atoms with Crippen LogP contribution in [0.15, 0.2) is 52.3 Å². The van der Waals surface area contributed by atoms with E-state index in [9.17, 15) is 8.42 Å². The van der Waals surface area contributed by atoms with Crippen LogP contribution in [0.25, 0.3) is 0 Å². The number of hydrogen-bond donors (Lipinski definition) is 0. The topological polar surface area (TPSA) is 80.8 Å². The molecule has 0 saturated heterocycles. The summed E-state index contributed by atoms with van der Waals surface area (Å²) in [5.41, 5.74) is 0.755. The molecule has 0 radical (unpaired) electrons. The van der Waals surface area contributed by atoms with Gasteiger partial charge in [0.25, 0.3) is 9.05 Å². The zero-order chi connectivity index (χ0) is 21.5. The highest BCUT2D eigenvalue weighted by Crippen LogP contribution is 2.30. The summed E-state index contributed by atoms with van der Waals surface area (Å²) in [4.78, 5) is 3.15. The highest BCUT2D eigenvalue weighted by molar-refractivity contribution is 8.31. The molecule has 0 aliphatic rings. The van der Waals surface area contributed by atoms with Crippen LogP contribution in [-0.4, -0.2) is 42.1 Å². The second kappa shape index (κ2) is 10.9. The summed E-state index contributed by atoms with van der Waals surface area (Å²) in [6, 6.07) is 12.4. The van der Waals surface area contributed by atoms with Gasteiger partial charge in [-0.05, 0) is 62.8 Å². The Hall–Kier alpha value is -0.680. The van der Waals surface area contributed by atoms with E-state index >= 15 is 0 Å². The van der Waals surface area contributed by atoms with E-state index in [-0.39, 0.29) is 4.90 Å². The predicted octanol–water partition coefficient (Wildman–Crippen LogP) is 4.90. The number of benzene rings is 2. The van der Waals surface area contributed by atoms with Crippen LogP contribution >= 0.6 is 43.8 Å². The van der Waals surface area contributed by atoms with E-state index in [1.54, 1.807) is 23.9 Å². The molecule has 156 valence electrons. The van der Waals surface area contributed by atoms with Gasteiger partial charge in [0.05, 0.1) is 4.90 Å². The third-order valence-corrected chi connectivity index (χ3v) is 5.18. The first kappa shape index (κ1) is 25.4. The van der Waals surface area contributed by atoms with Gasteiger partial charge in [-0.15, -0.1) is 11.8 Å². The van der Waals surface area contributed by atoms with Crippen LogP contribution in [-0.2, 0) is 23.9 Å². The fourth-order valence-corrected chi connectivity index (χ4v) is 3.25. The average molecular weight is 507 g/mol. The Bertz CT molecular complexity index is 987. The lowest BCUT2D eigenvalue weighted by Gasteiger charge is -2.16. The van der Waals surface area contributed by atoms with Gasteiger partial charge in [-0.25, -0.2) is 8.42 Å². The van der Waals surface area contributed by atoms with Crippen LogP contribution in [0.3, 0.4) is 0 Å². The molecule has 0 spiro atoms. The van der Waals surface area contributed by atoms with E-state index in [2.05, 4.69) is 21.4 Å². The number of nitrogens with zero attached hydrogens (tertiary/aromatic N) is 1. The maximum absolute atomic E-state index is 11.5. The standard InChI is InChI=1S/C16H18ClNO3S2.Cl2O2S/c1-18(2)11-12-10-15(23(17,19)20)8-9-16(12)21-13-4-6-14(22-3)7-5-13;1-5(2,3)4/h4-10H,11H2,1-3H3;. The first-order valence-corrected chi connectivity index (χ1v) is 14.1. The summed E-state index contributed by atoms with van der Waals surface area (Å²) >= 11 is 1.66. The fourth-order valence-electron chi connectivity index (χ4n) is 2.04. The van der Waals surface area contributed by atoms with E-state index in [1.807, 2.05) is 49.5 Å². The van der Waals surface area contributed by atoms with E-state index in [0.717, 1.165) is 10.5 Å². The van der Waals surface area contributed by atoms with E-state index in [1.165, 1.54) is 6.07 Å². The molecule has 0 aromatic heterocycles. The first-order chi connectivity index (χ1) is 12.8. The minimum Gasteiger partial charge on any atom is -0.457 e. The summed E-state index contributed by atoms with van der Waals surface area (Å²) in [5, 5.41) is 0. The van der Waals surface area contributed by atoms with Crippen molar-refractivity contribution < 1.29 is 21.6 Å². The summed E-state index contributed by atoms with van der Waals surface area (Å²) in [7, 11) is 10.3. The summed E-state index contributed by atoms with van der Waals surface area (Å²) in [5.74, 6) is 1.31. The third kappa shape index (κ3) is 10.2. The Balaban J connectivity index is 0.000000696. The predicted molar refractivity (Wildman–Crippen MR) is 116 cm³/mol. The van der Waals surface area contributed by atoms with Gasteiger partial charge in [0, 0.05) is 49.1 Å². The lowest BCUT2D eigenvalue weighted by Crippen LogP contribution is -2.12. The van der Waals surface area contributed by atoms with Crippen molar-refractivity contribution in [3.63, 3.8) is 0 Å². The Morgan fingerprint density at radius 2 is 1.50 bits per heavy atom. The van der Waals surface area contributed by atoms with Gasteiger partial charge in [-0.1, -0.05) is 0 Å². The summed E-state index contributed by atoms with van der Waals surface area (Å²) in [6.45, 7) is 0.540. The minimum absolute atomic E-state index is 0.0705. The van der Waals surface area contributed by atoms with Crippen LogP contribution in [0.1, 0.15) is 5.56 Å². The monoisotopic (exact) mass is 505 g/mol. The zero-order valence-corrected chi connectivity index (χ0v) is 19.8. The second-order valence-corrected chi connectivity index (χ2v) is 12.7. The van der Waals surface area contributed by atoms with Gasteiger partial charge < -0.3 is 9.64 Å². The van der Waals surface area contributed by atoms with Gasteiger partial charge in [0.15, 0.2) is 0 Å². The van der Waals surface area contributed by atoms with Gasteiger partial charge >= 0.3 is 8.26 Å². The maximum atomic E-state index is 11.5. The Kier molecular flexibility index (Phi) is 9.88. The molecule has 0 N–H and O–H groups in total. The molecule has 0 unspecified atom stereocenters. The molecule has 0 amide bonds. The molecule has 6 nitrogen and oxygen atoms in total. The maximum Gasteiger partial charge on any atom is 0.317 e. The lowest BCUT2D eigenvalue weighted by molar-refractivity contribution is 0.388. The third-order valence-electron chi connectivity index (χ3n) is 3.09. The van der Waals surface area contributed by atoms with Crippen LogP contribution in [0.5, 0.6) is 11.5 Å². The molecule has 0 saturated carbocycles. The Morgan fingerprint density at radius 1 is 0.964 bits per heavy atom. The summed E-state index contributed by atoms with van der Waals surface area (Å²) in [6.07, 6.45) is 2.01. The van der Waals surface area contributed by atoms with Crippen molar-refractivity contribution in [1.29, 1.82) is 0 Å². The number of hydrogen-bond acceptors (Lipinski definition) is 7. The van der Waals surface area contributed by atoms with E-state index in [0.29, 0.717) is 18.0 Å². The molecule has 0 heterocycles. The van der Waals surface area contributed by atoms with Crippen LogP contribution in [0.2, 0.25) is 0 Å². The SMILES string of the molecule is CSc1ccc(Oc2ccc(S(=O)(=O)Cl)cc2CN(C)C)cc1.O=S(=O)(Cl)Cl. The fraction of sp³-hybridized carbons (Fsp3) is 0.250. The summed E-state index contributed by atoms with van der Waals surface area (Å²) < 4.78 is 47.3. The molecule has 28 heavy (non-hydrogen) atoms. The molecular weight excluding hydrogens is 489 g/mol. The van der Waals surface area contributed by atoms with Crippen molar-refractivity contribution >= 4 is 61.1 Å². The number of halogens is 3. The van der Waals surface area contributed by atoms with Gasteiger partial charge in [-0.2, -0.15) is 8.42 Å². The largest absolute Gasteiger partial charge is 0.457 e. The van der Waals surface area contributed by atoms with Crippen molar-refractivity contribution in [1.82, 2.24) is 4.90 Å². The van der Waals surface area contributed by atoms with E-state index in [4.69, 9.17) is 23.8 Å². The zero-order valence-electron chi connectivity index (χ0n) is 15.1. The van der Waals surface area contributed by atoms with Gasteiger partial charge in [0.1, 0.15) is 11.5 Å². The molecule has 2 aromatic carbocycles. The highest BCUT2D eigenvalue weighted by Gasteiger charge is 2.15. The van der Waals surface area contributed by atoms with Crippen molar-refractivity contribution in [3.05, 3.63) is 48.0 Å². The molecule has 2 rings (SSSR count). The Morgan fingerprint density at radius 3 is 1.93 bits per heavy atom. The van der Waals surface area contributed by atoms with Crippen LogP contribution < -0.4 is 4.74 Å². The quantitative estimate of drug-likeness (QED) is 0.407. The number of rotatable bonds is 6. The van der Waals surface area contributed by atoms with Gasteiger partial charge in [-0.3, -0.25) is 0 Å². The smallest absolute Gasteiger partial charge is 0.317 e.